The highest BCUT2D eigenvalue weighted by molar-refractivity contribution is 5.67. The first kappa shape index (κ1) is 13.3. The van der Waals surface area contributed by atoms with Gasteiger partial charge in [0.2, 0.25) is 0 Å². The minimum atomic E-state index is -1.04. The molecule has 84 valence electrons. The van der Waals surface area contributed by atoms with E-state index in [1.54, 1.807) is 0 Å². The van der Waals surface area contributed by atoms with Crippen molar-refractivity contribution in [2.24, 2.45) is 0 Å². The Kier molecular flexibility index (Phi) is 7.31. The smallest absolute Gasteiger partial charge is 0.306 e. The minimum absolute atomic E-state index is 0.146. The standard InChI is InChI=1S/C8H17NO5/c1-14-5-7(11)4-9-3-6(10)2-8(12)13/h6-7,9-11H,2-5H2,1H3,(H,12,13). The fourth-order valence-corrected chi connectivity index (χ4v) is 0.942. The zero-order chi connectivity index (χ0) is 11.0. The van der Waals surface area contributed by atoms with Gasteiger partial charge in [0.05, 0.1) is 25.2 Å². The van der Waals surface area contributed by atoms with Crippen LogP contribution in [0.4, 0.5) is 0 Å². The van der Waals surface area contributed by atoms with Crippen molar-refractivity contribution < 1.29 is 24.9 Å². The number of aliphatic carboxylic acids is 1. The maximum absolute atomic E-state index is 10.2. The van der Waals surface area contributed by atoms with Crippen LogP contribution in [0.15, 0.2) is 0 Å². The number of carboxylic acid groups (broad SMARTS) is 1. The molecule has 0 fully saturated rings. The Morgan fingerprint density at radius 1 is 1.36 bits per heavy atom. The maximum Gasteiger partial charge on any atom is 0.306 e. The van der Waals surface area contributed by atoms with E-state index in [1.807, 2.05) is 0 Å². The number of hydrogen-bond acceptors (Lipinski definition) is 5. The highest BCUT2D eigenvalue weighted by Gasteiger charge is 2.09. The number of nitrogens with one attached hydrogen (secondary N) is 1. The van der Waals surface area contributed by atoms with Crippen molar-refractivity contribution in [1.82, 2.24) is 5.32 Å². The van der Waals surface area contributed by atoms with E-state index in [9.17, 15) is 4.79 Å². The second kappa shape index (κ2) is 7.69. The quantitative estimate of drug-likeness (QED) is 0.383. The van der Waals surface area contributed by atoms with Crippen LogP contribution in [0, 0.1) is 0 Å². The van der Waals surface area contributed by atoms with Crippen LogP contribution in [0.1, 0.15) is 6.42 Å². The van der Waals surface area contributed by atoms with Crippen LogP contribution in [-0.4, -0.2) is 60.3 Å². The Balaban J connectivity index is 3.38. The zero-order valence-electron chi connectivity index (χ0n) is 8.14. The van der Waals surface area contributed by atoms with E-state index in [1.165, 1.54) is 7.11 Å². The summed E-state index contributed by atoms with van der Waals surface area (Å²) in [6.07, 6.45) is -1.87. The molecule has 0 spiro atoms. The Bertz CT molecular complexity index is 164. The van der Waals surface area contributed by atoms with Crippen LogP contribution in [0.5, 0.6) is 0 Å². The third-order valence-corrected chi connectivity index (χ3v) is 1.53. The van der Waals surface area contributed by atoms with Gasteiger partial charge in [0.15, 0.2) is 0 Å². The van der Waals surface area contributed by atoms with Gasteiger partial charge in [-0.2, -0.15) is 0 Å². The van der Waals surface area contributed by atoms with Crippen molar-refractivity contribution in [3.63, 3.8) is 0 Å². The maximum atomic E-state index is 10.2. The van der Waals surface area contributed by atoms with Crippen LogP contribution < -0.4 is 5.32 Å². The predicted octanol–water partition coefficient (Wildman–Crippen LogP) is -1.58. The summed E-state index contributed by atoms with van der Waals surface area (Å²) in [6.45, 7) is 0.625. The molecule has 0 aromatic carbocycles. The summed E-state index contributed by atoms with van der Waals surface area (Å²) >= 11 is 0. The number of carbonyl (C=O) groups is 1. The van der Waals surface area contributed by atoms with Crippen molar-refractivity contribution >= 4 is 5.97 Å². The summed E-state index contributed by atoms with van der Waals surface area (Å²) in [5.41, 5.74) is 0. The van der Waals surface area contributed by atoms with E-state index in [4.69, 9.17) is 15.3 Å². The molecule has 6 nitrogen and oxygen atoms in total. The molecular formula is C8H17NO5. The summed E-state index contributed by atoms with van der Waals surface area (Å²) < 4.78 is 4.68. The molecule has 6 heteroatoms. The predicted molar refractivity (Wildman–Crippen MR) is 49.0 cm³/mol. The fourth-order valence-electron chi connectivity index (χ4n) is 0.942. The highest BCUT2D eigenvalue weighted by Crippen LogP contribution is 1.89. The molecule has 0 heterocycles. The first-order valence-corrected chi connectivity index (χ1v) is 4.33. The van der Waals surface area contributed by atoms with E-state index < -0.39 is 18.2 Å². The lowest BCUT2D eigenvalue weighted by Gasteiger charge is -2.12. The Morgan fingerprint density at radius 3 is 2.43 bits per heavy atom. The summed E-state index contributed by atoms with van der Waals surface area (Å²) in [4.78, 5) is 10.2. The summed E-state index contributed by atoms with van der Waals surface area (Å²) in [6, 6.07) is 0. The molecule has 14 heavy (non-hydrogen) atoms. The van der Waals surface area contributed by atoms with Gasteiger partial charge in [0.1, 0.15) is 0 Å². The number of aliphatic hydroxyl groups excluding tert-OH is 2. The van der Waals surface area contributed by atoms with Gasteiger partial charge in [0, 0.05) is 20.2 Å². The zero-order valence-corrected chi connectivity index (χ0v) is 8.14. The van der Waals surface area contributed by atoms with E-state index in [0.717, 1.165) is 0 Å². The highest BCUT2D eigenvalue weighted by atomic mass is 16.5. The Labute approximate surface area is 82.5 Å². The number of aliphatic hydroxyl groups is 2. The number of hydrogen-bond donors (Lipinski definition) is 4. The first-order valence-electron chi connectivity index (χ1n) is 4.33. The average Bonchev–Trinajstić information content (AvgIpc) is 2.02. The van der Waals surface area contributed by atoms with Crippen molar-refractivity contribution in [3.05, 3.63) is 0 Å². The molecule has 0 saturated carbocycles. The topological polar surface area (TPSA) is 99.0 Å². The van der Waals surface area contributed by atoms with Crippen molar-refractivity contribution in [1.29, 1.82) is 0 Å². The molecule has 0 aliphatic heterocycles. The molecule has 0 saturated heterocycles. The van der Waals surface area contributed by atoms with Crippen molar-refractivity contribution in [2.45, 2.75) is 18.6 Å². The first-order chi connectivity index (χ1) is 6.56. The van der Waals surface area contributed by atoms with E-state index in [0.29, 0.717) is 0 Å². The van der Waals surface area contributed by atoms with Gasteiger partial charge >= 0.3 is 5.97 Å². The molecule has 0 rings (SSSR count). The molecule has 0 amide bonds. The number of ether oxygens (including phenoxy) is 1. The minimum Gasteiger partial charge on any atom is -0.481 e. The molecule has 2 atom stereocenters. The molecule has 0 aliphatic rings. The second-order valence-corrected chi connectivity index (χ2v) is 3.02. The Morgan fingerprint density at radius 2 is 1.93 bits per heavy atom. The third-order valence-electron chi connectivity index (χ3n) is 1.53. The molecule has 0 bridgehead atoms. The number of rotatable bonds is 8. The van der Waals surface area contributed by atoms with Crippen LogP contribution in [0.3, 0.4) is 0 Å². The van der Waals surface area contributed by atoms with Gasteiger partial charge in [-0.1, -0.05) is 0 Å². The summed E-state index contributed by atoms with van der Waals surface area (Å²) in [5.74, 6) is -1.04. The van der Waals surface area contributed by atoms with Crippen LogP contribution in [0.25, 0.3) is 0 Å². The summed E-state index contributed by atoms with van der Waals surface area (Å²) in [5, 5.41) is 29.3. The molecule has 0 aromatic heterocycles. The lowest BCUT2D eigenvalue weighted by atomic mass is 10.2. The van der Waals surface area contributed by atoms with Gasteiger partial charge < -0.3 is 25.4 Å². The van der Waals surface area contributed by atoms with Crippen molar-refractivity contribution in [3.8, 4) is 0 Å². The fraction of sp³-hybridized carbons (Fsp3) is 0.875. The molecule has 0 aliphatic carbocycles. The van der Waals surface area contributed by atoms with Crippen LogP contribution >= 0.6 is 0 Å². The van der Waals surface area contributed by atoms with Crippen LogP contribution in [0.2, 0.25) is 0 Å². The third kappa shape index (κ3) is 7.93. The van der Waals surface area contributed by atoms with Gasteiger partial charge in [-0.05, 0) is 0 Å². The largest absolute Gasteiger partial charge is 0.481 e. The monoisotopic (exact) mass is 207 g/mol. The van der Waals surface area contributed by atoms with E-state index >= 15 is 0 Å². The van der Waals surface area contributed by atoms with Gasteiger partial charge in [-0.25, -0.2) is 0 Å². The normalized spacial score (nSPS) is 15.1. The molecule has 0 aromatic rings. The Hall–Kier alpha value is -0.690. The van der Waals surface area contributed by atoms with Crippen molar-refractivity contribution in [2.75, 3.05) is 26.8 Å². The van der Waals surface area contributed by atoms with E-state index in [2.05, 4.69) is 10.1 Å². The van der Waals surface area contributed by atoms with Crippen LogP contribution in [-0.2, 0) is 9.53 Å². The van der Waals surface area contributed by atoms with E-state index in [-0.39, 0.29) is 26.1 Å². The van der Waals surface area contributed by atoms with Gasteiger partial charge in [0.25, 0.3) is 0 Å². The average molecular weight is 207 g/mol. The lowest BCUT2D eigenvalue weighted by molar-refractivity contribution is -0.139. The van der Waals surface area contributed by atoms with Gasteiger partial charge in [-0.3, -0.25) is 4.79 Å². The van der Waals surface area contributed by atoms with Gasteiger partial charge in [-0.15, -0.1) is 0 Å². The molecule has 4 N–H and O–H groups in total. The SMILES string of the molecule is COCC(O)CNCC(O)CC(=O)O. The number of methoxy groups -OCH3 is 1. The second-order valence-electron chi connectivity index (χ2n) is 3.02. The number of carboxylic acids is 1. The molecular weight excluding hydrogens is 190 g/mol. The molecule has 0 radical (unpaired) electrons. The molecule has 2 unspecified atom stereocenters. The summed E-state index contributed by atoms with van der Waals surface area (Å²) in [7, 11) is 1.47. The lowest BCUT2D eigenvalue weighted by Crippen LogP contribution is -2.35.